The number of aromatic nitrogens is 1. The van der Waals surface area contributed by atoms with Gasteiger partial charge in [-0.25, -0.2) is 0 Å². The molecule has 1 aliphatic rings. The molecule has 16 heavy (non-hydrogen) atoms. The van der Waals surface area contributed by atoms with Gasteiger partial charge in [0.2, 0.25) is 0 Å². The zero-order valence-electron chi connectivity index (χ0n) is 9.47. The van der Waals surface area contributed by atoms with Crippen molar-refractivity contribution >= 4 is 5.78 Å². The number of pyridine rings is 1. The molecule has 0 bridgehead atoms. The van der Waals surface area contributed by atoms with Crippen LogP contribution in [-0.2, 0) is 4.74 Å². The smallest absolute Gasteiger partial charge is 0.170 e. The minimum Gasteiger partial charge on any atom is -0.495 e. The van der Waals surface area contributed by atoms with Crippen LogP contribution in [0.5, 0.6) is 5.75 Å². The Bertz CT molecular complexity index is 392. The first-order valence-electron chi connectivity index (χ1n) is 5.37. The fraction of sp³-hybridized carbons (Fsp3) is 0.500. The molecule has 2 unspecified atom stereocenters. The van der Waals surface area contributed by atoms with Crippen molar-refractivity contribution in [3.8, 4) is 5.75 Å². The number of methoxy groups -OCH3 is 1. The van der Waals surface area contributed by atoms with E-state index in [1.54, 1.807) is 25.6 Å². The lowest BCUT2D eigenvalue weighted by molar-refractivity contribution is 0.0763. The van der Waals surface area contributed by atoms with Crippen molar-refractivity contribution in [2.75, 3.05) is 13.7 Å². The summed E-state index contributed by atoms with van der Waals surface area (Å²) in [4.78, 5) is 16.1. The monoisotopic (exact) mass is 221 g/mol. The standard InChI is InChI=1S/C12H15NO3/c1-8-11(3-4-16-8)12(14)9-5-10(15-2)7-13-6-9/h5-8,11H,3-4H2,1-2H3. The van der Waals surface area contributed by atoms with Gasteiger partial charge in [-0.15, -0.1) is 0 Å². The van der Waals surface area contributed by atoms with Gasteiger partial charge in [-0.1, -0.05) is 0 Å². The predicted octanol–water partition coefficient (Wildman–Crippen LogP) is 1.70. The molecule has 1 aromatic heterocycles. The Morgan fingerprint density at radius 1 is 1.56 bits per heavy atom. The summed E-state index contributed by atoms with van der Waals surface area (Å²) in [5, 5.41) is 0. The molecule has 4 nitrogen and oxygen atoms in total. The van der Waals surface area contributed by atoms with E-state index in [0.29, 0.717) is 17.9 Å². The lowest BCUT2D eigenvalue weighted by Gasteiger charge is -2.12. The van der Waals surface area contributed by atoms with Crippen LogP contribution in [0.2, 0.25) is 0 Å². The van der Waals surface area contributed by atoms with Gasteiger partial charge in [-0.2, -0.15) is 0 Å². The van der Waals surface area contributed by atoms with Crippen LogP contribution in [-0.4, -0.2) is 30.6 Å². The van der Waals surface area contributed by atoms with Crippen molar-refractivity contribution < 1.29 is 14.3 Å². The van der Waals surface area contributed by atoms with Crippen LogP contribution in [0.1, 0.15) is 23.7 Å². The maximum absolute atomic E-state index is 12.1. The van der Waals surface area contributed by atoms with Gasteiger partial charge in [0.15, 0.2) is 5.78 Å². The van der Waals surface area contributed by atoms with Crippen LogP contribution >= 0.6 is 0 Å². The van der Waals surface area contributed by atoms with Crippen molar-refractivity contribution in [2.45, 2.75) is 19.4 Å². The molecule has 86 valence electrons. The fourth-order valence-electron chi connectivity index (χ4n) is 1.96. The second-order valence-electron chi connectivity index (χ2n) is 3.95. The van der Waals surface area contributed by atoms with E-state index in [2.05, 4.69) is 4.98 Å². The number of ether oxygens (including phenoxy) is 2. The Kier molecular flexibility index (Phi) is 3.19. The van der Waals surface area contributed by atoms with Gasteiger partial charge in [-0.3, -0.25) is 9.78 Å². The van der Waals surface area contributed by atoms with E-state index < -0.39 is 0 Å². The Morgan fingerprint density at radius 2 is 2.38 bits per heavy atom. The molecule has 1 saturated heterocycles. The van der Waals surface area contributed by atoms with Crippen molar-refractivity contribution in [1.29, 1.82) is 0 Å². The minimum absolute atomic E-state index is 0.00120. The zero-order valence-corrected chi connectivity index (χ0v) is 9.47. The third-order valence-corrected chi connectivity index (χ3v) is 2.95. The molecule has 1 aliphatic heterocycles. The van der Waals surface area contributed by atoms with Crippen molar-refractivity contribution in [3.63, 3.8) is 0 Å². The second kappa shape index (κ2) is 4.61. The number of ketones is 1. The Hall–Kier alpha value is -1.42. The molecular weight excluding hydrogens is 206 g/mol. The van der Waals surface area contributed by atoms with E-state index in [0.717, 1.165) is 6.42 Å². The molecule has 0 amide bonds. The summed E-state index contributed by atoms with van der Waals surface area (Å²) in [6.07, 6.45) is 3.96. The number of carbonyl (C=O) groups excluding carboxylic acids is 1. The van der Waals surface area contributed by atoms with Gasteiger partial charge in [0.1, 0.15) is 5.75 Å². The third kappa shape index (κ3) is 2.07. The maximum Gasteiger partial charge on any atom is 0.170 e. The quantitative estimate of drug-likeness (QED) is 0.729. The summed E-state index contributed by atoms with van der Waals surface area (Å²) in [6, 6.07) is 1.72. The highest BCUT2D eigenvalue weighted by molar-refractivity contribution is 5.98. The molecule has 4 heteroatoms. The molecule has 0 aliphatic carbocycles. The van der Waals surface area contributed by atoms with E-state index in [4.69, 9.17) is 9.47 Å². The lowest BCUT2D eigenvalue weighted by Crippen LogP contribution is -2.21. The number of carbonyl (C=O) groups is 1. The molecular formula is C12H15NO3. The maximum atomic E-state index is 12.1. The molecule has 0 radical (unpaired) electrons. The topological polar surface area (TPSA) is 48.4 Å². The van der Waals surface area contributed by atoms with Crippen molar-refractivity contribution in [3.05, 3.63) is 24.0 Å². The van der Waals surface area contributed by atoms with E-state index in [9.17, 15) is 4.79 Å². The van der Waals surface area contributed by atoms with Gasteiger partial charge in [0.05, 0.1) is 25.3 Å². The molecule has 2 atom stereocenters. The first-order valence-corrected chi connectivity index (χ1v) is 5.37. The summed E-state index contributed by atoms with van der Waals surface area (Å²) in [7, 11) is 1.56. The summed E-state index contributed by atoms with van der Waals surface area (Å²) < 4.78 is 10.4. The molecule has 0 saturated carbocycles. The zero-order chi connectivity index (χ0) is 11.5. The van der Waals surface area contributed by atoms with Gasteiger partial charge in [0, 0.05) is 18.4 Å². The van der Waals surface area contributed by atoms with Gasteiger partial charge >= 0.3 is 0 Å². The average molecular weight is 221 g/mol. The fourth-order valence-corrected chi connectivity index (χ4v) is 1.96. The highest BCUT2D eigenvalue weighted by Gasteiger charge is 2.31. The minimum atomic E-state index is -0.0473. The van der Waals surface area contributed by atoms with Crippen molar-refractivity contribution in [1.82, 2.24) is 4.98 Å². The highest BCUT2D eigenvalue weighted by Crippen LogP contribution is 2.25. The van der Waals surface area contributed by atoms with Crippen LogP contribution in [0, 0.1) is 5.92 Å². The van der Waals surface area contributed by atoms with Gasteiger partial charge in [0.25, 0.3) is 0 Å². The summed E-state index contributed by atoms with van der Waals surface area (Å²) in [5.74, 6) is 0.655. The SMILES string of the molecule is COc1cncc(C(=O)C2CCOC2C)c1. The average Bonchev–Trinajstić information content (AvgIpc) is 2.74. The molecule has 0 N–H and O–H groups in total. The number of hydrogen-bond acceptors (Lipinski definition) is 4. The van der Waals surface area contributed by atoms with Gasteiger partial charge < -0.3 is 9.47 Å². The van der Waals surface area contributed by atoms with E-state index in [1.807, 2.05) is 6.92 Å². The molecule has 0 spiro atoms. The molecule has 2 heterocycles. The van der Waals surface area contributed by atoms with E-state index in [-0.39, 0.29) is 17.8 Å². The van der Waals surface area contributed by atoms with Crippen LogP contribution in [0.3, 0.4) is 0 Å². The van der Waals surface area contributed by atoms with Crippen LogP contribution < -0.4 is 4.74 Å². The van der Waals surface area contributed by atoms with E-state index in [1.165, 1.54) is 0 Å². The van der Waals surface area contributed by atoms with Crippen LogP contribution in [0.15, 0.2) is 18.5 Å². The molecule has 1 aromatic rings. The number of Topliss-reactive ketones (excluding diaryl/α,β-unsaturated/α-hetero) is 1. The van der Waals surface area contributed by atoms with Gasteiger partial charge in [-0.05, 0) is 19.4 Å². The summed E-state index contributed by atoms with van der Waals surface area (Å²) in [6.45, 7) is 2.60. The normalized spacial score (nSPS) is 24.4. The predicted molar refractivity (Wildman–Crippen MR) is 58.6 cm³/mol. The molecule has 1 fully saturated rings. The lowest BCUT2D eigenvalue weighted by atomic mass is 9.93. The number of nitrogens with zero attached hydrogens (tertiary/aromatic N) is 1. The molecule has 2 rings (SSSR count). The molecule has 0 aromatic carbocycles. The van der Waals surface area contributed by atoms with Crippen molar-refractivity contribution in [2.24, 2.45) is 5.92 Å². The Balaban J connectivity index is 2.19. The third-order valence-electron chi connectivity index (χ3n) is 2.95. The first kappa shape index (κ1) is 11.1. The van der Waals surface area contributed by atoms with Crippen LogP contribution in [0.25, 0.3) is 0 Å². The number of hydrogen-bond donors (Lipinski definition) is 0. The van der Waals surface area contributed by atoms with Crippen LogP contribution in [0.4, 0.5) is 0 Å². The summed E-state index contributed by atoms with van der Waals surface area (Å²) >= 11 is 0. The first-order chi connectivity index (χ1) is 7.72. The largest absolute Gasteiger partial charge is 0.495 e. The number of rotatable bonds is 3. The Labute approximate surface area is 94.6 Å². The van der Waals surface area contributed by atoms with E-state index >= 15 is 0 Å². The second-order valence-corrected chi connectivity index (χ2v) is 3.95. The summed E-state index contributed by atoms with van der Waals surface area (Å²) in [5.41, 5.74) is 0.599. The Morgan fingerprint density at radius 3 is 3.00 bits per heavy atom. The highest BCUT2D eigenvalue weighted by atomic mass is 16.5.